The molecule has 19 heavy (non-hydrogen) atoms. The lowest BCUT2D eigenvalue weighted by atomic mass is 10.1. The van der Waals surface area contributed by atoms with Gasteiger partial charge in [-0.3, -0.25) is 14.9 Å². The van der Waals surface area contributed by atoms with Crippen molar-refractivity contribution in [2.24, 2.45) is 0 Å². The number of carbonyl (C=O) groups is 1. The average molecular weight is 266 g/mol. The third-order valence-corrected chi connectivity index (χ3v) is 2.90. The van der Waals surface area contributed by atoms with Crippen LogP contribution in [-0.4, -0.2) is 28.6 Å². The lowest BCUT2D eigenvalue weighted by Crippen LogP contribution is -2.19. The molecule has 0 bridgehead atoms. The zero-order chi connectivity index (χ0) is 13.8. The number of benzene rings is 1. The van der Waals surface area contributed by atoms with Crippen LogP contribution in [-0.2, 0) is 9.53 Å². The molecule has 0 aliphatic carbocycles. The fourth-order valence-electron chi connectivity index (χ4n) is 1.95. The molecular formula is C12H14N2O5. The molecule has 1 saturated heterocycles. The molecular weight excluding hydrogens is 252 g/mol. The number of amides is 1. The molecule has 7 heteroatoms. The highest BCUT2D eigenvalue weighted by Crippen LogP contribution is 2.28. The third kappa shape index (κ3) is 3.41. The molecule has 0 spiro atoms. The Labute approximate surface area is 109 Å². The summed E-state index contributed by atoms with van der Waals surface area (Å²) in [6, 6.07) is 3.48. The van der Waals surface area contributed by atoms with Gasteiger partial charge in [-0.15, -0.1) is 0 Å². The molecule has 1 aromatic carbocycles. The zero-order valence-corrected chi connectivity index (χ0v) is 10.2. The summed E-state index contributed by atoms with van der Waals surface area (Å²) in [6.07, 6.45) is 1.83. The number of hydrogen-bond acceptors (Lipinski definition) is 5. The molecule has 1 heterocycles. The maximum absolute atomic E-state index is 11.7. The second kappa shape index (κ2) is 5.66. The third-order valence-electron chi connectivity index (χ3n) is 2.90. The number of nitrogens with zero attached hydrogens (tertiary/aromatic N) is 1. The molecule has 102 valence electrons. The van der Waals surface area contributed by atoms with E-state index in [9.17, 15) is 20.0 Å². The Balaban J connectivity index is 2.02. The zero-order valence-electron chi connectivity index (χ0n) is 10.2. The second-order valence-corrected chi connectivity index (χ2v) is 4.35. The van der Waals surface area contributed by atoms with Crippen LogP contribution in [0.4, 0.5) is 11.4 Å². The predicted molar refractivity (Wildman–Crippen MR) is 67.0 cm³/mol. The molecule has 7 nitrogen and oxygen atoms in total. The normalized spacial score (nSPS) is 18.2. The van der Waals surface area contributed by atoms with Crippen LogP contribution in [0, 0.1) is 10.1 Å². The molecule has 0 saturated carbocycles. The molecule has 1 aliphatic heterocycles. The van der Waals surface area contributed by atoms with Gasteiger partial charge in [0.1, 0.15) is 5.75 Å². The van der Waals surface area contributed by atoms with E-state index < -0.39 is 4.92 Å². The first-order valence-corrected chi connectivity index (χ1v) is 5.95. The van der Waals surface area contributed by atoms with E-state index in [2.05, 4.69) is 5.32 Å². The van der Waals surface area contributed by atoms with E-state index in [1.54, 1.807) is 0 Å². The van der Waals surface area contributed by atoms with E-state index >= 15 is 0 Å². The van der Waals surface area contributed by atoms with Crippen molar-refractivity contribution < 1.29 is 19.6 Å². The Morgan fingerprint density at radius 1 is 1.58 bits per heavy atom. The Morgan fingerprint density at radius 3 is 3.00 bits per heavy atom. The van der Waals surface area contributed by atoms with E-state index in [-0.39, 0.29) is 35.6 Å². The van der Waals surface area contributed by atoms with Crippen molar-refractivity contribution in [2.45, 2.75) is 25.4 Å². The number of phenolic OH excluding ortho intramolecular Hbond substituents is 1. The molecule has 1 fully saturated rings. The largest absolute Gasteiger partial charge is 0.506 e. The van der Waals surface area contributed by atoms with Crippen molar-refractivity contribution in [1.82, 2.24) is 0 Å². The van der Waals surface area contributed by atoms with Gasteiger partial charge >= 0.3 is 0 Å². The number of carbonyl (C=O) groups excluding carboxylic acids is 1. The summed E-state index contributed by atoms with van der Waals surface area (Å²) >= 11 is 0. The van der Waals surface area contributed by atoms with Gasteiger partial charge in [0.25, 0.3) is 5.69 Å². The Hall–Kier alpha value is -2.15. The SMILES string of the molecule is O=C(CC1CCCO1)Nc1cc([N+](=O)[O-])ccc1O. The minimum absolute atomic E-state index is 0.0391. The number of nitro benzene ring substituents is 1. The number of anilines is 1. The van der Waals surface area contributed by atoms with Gasteiger partial charge in [-0.1, -0.05) is 0 Å². The average Bonchev–Trinajstić information content (AvgIpc) is 2.84. The highest BCUT2D eigenvalue weighted by Gasteiger charge is 2.20. The summed E-state index contributed by atoms with van der Waals surface area (Å²) in [4.78, 5) is 21.8. The summed E-state index contributed by atoms with van der Waals surface area (Å²) in [7, 11) is 0. The van der Waals surface area contributed by atoms with Crippen molar-refractivity contribution in [3.8, 4) is 5.75 Å². The molecule has 1 unspecified atom stereocenters. The van der Waals surface area contributed by atoms with Crippen LogP contribution in [0.25, 0.3) is 0 Å². The van der Waals surface area contributed by atoms with Gasteiger partial charge in [-0.2, -0.15) is 0 Å². The van der Waals surface area contributed by atoms with Gasteiger partial charge in [-0.05, 0) is 18.9 Å². The molecule has 0 aromatic heterocycles. The lowest BCUT2D eigenvalue weighted by molar-refractivity contribution is -0.384. The fourth-order valence-corrected chi connectivity index (χ4v) is 1.95. The van der Waals surface area contributed by atoms with Crippen molar-refractivity contribution in [3.63, 3.8) is 0 Å². The minimum Gasteiger partial charge on any atom is -0.506 e. The number of nitrogens with one attached hydrogen (secondary N) is 1. The first-order valence-electron chi connectivity index (χ1n) is 5.95. The van der Waals surface area contributed by atoms with Crippen LogP contribution >= 0.6 is 0 Å². The smallest absolute Gasteiger partial charge is 0.271 e. The summed E-state index contributed by atoms with van der Waals surface area (Å²) < 4.78 is 5.32. The van der Waals surface area contributed by atoms with Crippen LogP contribution in [0.5, 0.6) is 5.75 Å². The van der Waals surface area contributed by atoms with E-state index in [4.69, 9.17) is 4.74 Å². The predicted octanol–water partition coefficient (Wildman–Crippen LogP) is 1.81. The van der Waals surface area contributed by atoms with Gasteiger partial charge in [0, 0.05) is 18.7 Å². The van der Waals surface area contributed by atoms with Crippen molar-refractivity contribution >= 4 is 17.3 Å². The van der Waals surface area contributed by atoms with Crippen molar-refractivity contribution in [2.75, 3.05) is 11.9 Å². The van der Waals surface area contributed by atoms with Gasteiger partial charge in [-0.25, -0.2) is 0 Å². The molecule has 1 amide bonds. The maximum Gasteiger partial charge on any atom is 0.271 e. The number of phenols is 1. The number of aromatic hydroxyl groups is 1. The van der Waals surface area contributed by atoms with E-state index in [0.29, 0.717) is 6.61 Å². The van der Waals surface area contributed by atoms with Crippen molar-refractivity contribution in [3.05, 3.63) is 28.3 Å². The molecule has 2 rings (SSSR count). The highest BCUT2D eigenvalue weighted by molar-refractivity contribution is 5.92. The fraction of sp³-hybridized carbons (Fsp3) is 0.417. The molecule has 0 radical (unpaired) electrons. The summed E-state index contributed by atoms with van der Waals surface area (Å²) in [5.41, 5.74) is -0.151. The topological polar surface area (TPSA) is 102 Å². The van der Waals surface area contributed by atoms with Crippen LogP contribution in [0.3, 0.4) is 0 Å². The molecule has 1 atom stereocenters. The highest BCUT2D eigenvalue weighted by atomic mass is 16.6. The summed E-state index contributed by atoms with van der Waals surface area (Å²) in [6.45, 7) is 0.653. The first-order chi connectivity index (χ1) is 9.06. The van der Waals surface area contributed by atoms with Gasteiger partial charge in [0.15, 0.2) is 0 Å². The molecule has 2 N–H and O–H groups in total. The van der Waals surface area contributed by atoms with Gasteiger partial charge in [0.2, 0.25) is 5.91 Å². The van der Waals surface area contributed by atoms with Crippen LogP contribution in [0.2, 0.25) is 0 Å². The first kappa shape index (κ1) is 13.3. The van der Waals surface area contributed by atoms with Crippen molar-refractivity contribution in [1.29, 1.82) is 0 Å². The van der Waals surface area contributed by atoms with Crippen LogP contribution in [0.1, 0.15) is 19.3 Å². The standard InChI is InChI=1S/C12H14N2O5/c15-11-4-3-8(14(17)18)6-10(11)13-12(16)7-9-2-1-5-19-9/h3-4,6,9,15H,1-2,5,7H2,(H,13,16). The Kier molecular flexibility index (Phi) is 3.96. The Bertz CT molecular complexity index is 497. The number of rotatable bonds is 4. The summed E-state index contributed by atoms with van der Waals surface area (Å²) in [5.74, 6) is -0.533. The molecule has 1 aromatic rings. The van der Waals surface area contributed by atoms with Crippen LogP contribution in [0.15, 0.2) is 18.2 Å². The second-order valence-electron chi connectivity index (χ2n) is 4.35. The maximum atomic E-state index is 11.7. The lowest BCUT2D eigenvalue weighted by Gasteiger charge is -2.10. The van der Waals surface area contributed by atoms with Crippen LogP contribution < -0.4 is 5.32 Å². The van der Waals surface area contributed by atoms with E-state index in [0.717, 1.165) is 18.9 Å². The number of hydrogen-bond donors (Lipinski definition) is 2. The minimum atomic E-state index is -0.588. The van der Waals surface area contributed by atoms with Gasteiger partial charge in [0.05, 0.1) is 23.1 Å². The quantitative estimate of drug-likeness (QED) is 0.491. The number of non-ortho nitro benzene ring substituents is 1. The molecule has 1 aliphatic rings. The summed E-state index contributed by atoms with van der Waals surface area (Å²) in [5, 5.41) is 22.6. The van der Waals surface area contributed by atoms with E-state index in [1.165, 1.54) is 12.1 Å². The van der Waals surface area contributed by atoms with E-state index in [1.807, 2.05) is 0 Å². The Morgan fingerprint density at radius 2 is 2.37 bits per heavy atom. The number of nitro groups is 1. The number of ether oxygens (including phenoxy) is 1. The monoisotopic (exact) mass is 266 g/mol. The van der Waals surface area contributed by atoms with Gasteiger partial charge < -0.3 is 15.2 Å².